The predicted octanol–water partition coefficient (Wildman–Crippen LogP) is 2.90. The van der Waals surface area contributed by atoms with Crippen LogP contribution in [0.2, 0.25) is 0 Å². The second-order valence-corrected chi connectivity index (χ2v) is 6.96. The van der Waals surface area contributed by atoms with Crippen LogP contribution in [-0.2, 0) is 11.3 Å². The number of aromatic nitrogens is 2. The van der Waals surface area contributed by atoms with Gasteiger partial charge in [-0.15, -0.1) is 12.4 Å². The number of amides is 1. The largest absolute Gasteiger partial charge is 0.351 e. The Morgan fingerprint density at radius 3 is 2.38 bits per heavy atom. The zero-order valence-corrected chi connectivity index (χ0v) is 15.8. The summed E-state index contributed by atoms with van der Waals surface area (Å²) in [6.07, 6.45) is 0. The van der Waals surface area contributed by atoms with Crippen LogP contribution in [0.15, 0.2) is 30.3 Å². The molecule has 3 N–H and O–H groups in total. The van der Waals surface area contributed by atoms with E-state index >= 15 is 0 Å². The van der Waals surface area contributed by atoms with Crippen LogP contribution in [0.25, 0.3) is 5.69 Å². The average molecular weight is 351 g/mol. The lowest BCUT2D eigenvalue weighted by molar-refractivity contribution is -0.124. The van der Waals surface area contributed by atoms with E-state index in [-0.39, 0.29) is 23.7 Å². The highest BCUT2D eigenvalue weighted by molar-refractivity contribution is 5.85. The van der Waals surface area contributed by atoms with E-state index in [1.807, 2.05) is 69.6 Å². The summed E-state index contributed by atoms with van der Waals surface area (Å²) in [6, 6.07) is 9.43. The molecule has 0 aliphatic heterocycles. The maximum absolute atomic E-state index is 12.2. The Labute approximate surface area is 150 Å². The number of halogens is 1. The molecular weight excluding hydrogens is 324 g/mol. The summed E-state index contributed by atoms with van der Waals surface area (Å²) in [6.45, 7) is 10.3. The monoisotopic (exact) mass is 350 g/mol. The maximum atomic E-state index is 12.2. The first kappa shape index (κ1) is 20.2. The van der Waals surface area contributed by atoms with Crippen LogP contribution in [0.5, 0.6) is 0 Å². The van der Waals surface area contributed by atoms with Crippen molar-refractivity contribution in [1.29, 1.82) is 0 Å². The molecule has 0 aliphatic carbocycles. The number of nitrogens with zero attached hydrogens (tertiary/aromatic N) is 2. The quantitative estimate of drug-likeness (QED) is 0.890. The van der Waals surface area contributed by atoms with Crippen molar-refractivity contribution in [3.8, 4) is 5.69 Å². The van der Waals surface area contributed by atoms with Crippen LogP contribution < -0.4 is 11.1 Å². The summed E-state index contributed by atoms with van der Waals surface area (Å²) in [4.78, 5) is 12.2. The fraction of sp³-hybridized carbons (Fsp3) is 0.444. The molecule has 0 fully saturated rings. The molecule has 2 aromatic rings. The lowest BCUT2D eigenvalue weighted by Crippen LogP contribution is -2.48. The second-order valence-electron chi connectivity index (χ2n) is 6.96. The molecule has 0 saturated carbocycles. The minimum absolute atomic E-state index is 0. The number of nitrogens with two attached hydrogens (primary N) is 1. The van der Waals surface area contributed by atoms with Gasteiger partial charge in [-0.05, 0) is 31.4 Å². The van der Waals surface area contributed by atoms with E-state index in [9.17, 15) is 4.79 Å². The van der Waals surface area contributed by atoms with Gasteiger partial charge >= 0.3 is 0 Å². The summed E-state index contributed by atoms with van der Waals surface area (Å²) in [5, 5.41) is 7.52. The number of aryl methyl sites for hydroxylation is 1. The zero-order chi connectivity index (χ0) is 17.2. The summed E-state index contributed by atoms with van der Waals surface area (Å²) in [5.74, 6) is -0.135. The van der Waals surface area contributed by atoms with Gasteiger partial charge in [-0.25, -0.2) is 4.68 Å². The summed E-state index contributed by atoms with van der Waals surface area (Å²) < 4.78 is 1.90. The standard InChI is InChI=1S/C18H26N4O.ClH/c1-12-15(11-20-17(23)16(19)18(3,4)5)13(2)22(21-12)14-9-7-6-8-10-14;/h6-10,16H,11,19H2,1-5H3,(H,20,23);1H/t16-;/m1./s1. The van der Waals surface area contributed by atoms with Crippen LogP contribution in [0.4, 0.5) is 0 Å². The van der Waals surface area contributed by atoms with Crippen molar-refractivity contribution in [2.24, 2.45) is 11.1 Å². The van der Waals surface area contributed by atoms with E-state index in [1.165, 1.54) is 0 Å². The highest BCUT2D eigenvalue weighted by Crippen LogP contribution is 2.19. The highest BCUT2D eigenvalue weighted by atomic mass is 35.5. The smallest absolute Gasteiger partial charge is 0.237 e. The molecule has 1 amide bonds. The van der Waals surface area contributed by atoms with Crippen LogP contribution in [0.3, 0.4) is 0 Å². The van der Waals surface area contributed by atoms with Gasteiger partial charge in [0, 0.05) is 17.8 Å². The van der Waals surface area contributed by atoms with Crippen molar-refractivity contribution in [2.45, 2.75) is 47.2 Å². The fourth-order valence-corrected chi connectivity index (χ4v) is 2.43. The molecular formula is C18H27ClN4O. The van der Waals surface area contributed by atoms with Crippen molar-refractivity contribution in [3.05, 3.63) is 47.3 Å². The van der Waals surface area contributed by atoms with Gasteiger partial charge in [0.1, 0.15) is 0 Å². The van der Waals surface area contributed by atoms with Crippen molar-refractivity contribution in [3.63, 3.8) is 0 Å². The topological polar surface area (TPSA) is 72.9 Å². The molecule has 5 nitrogen and oxygen atoms in total. The third-order valence-corrected chi connectivity index (χ3v) is 4.10. The Bertz CT molecular complexity index is 689. The van der Waals surface area contributed by atoms with Gasteiger partial charge in [0.15, 0.2) is 0 Å². The number of para-hydroxylation sites is 1. The SMILES string of the molecule is Cc1nn(-c2ccccc2)c(C)c1CNC(=O)[C@@H](N)C(C)(C)C.Cl. The number of rotatable bonds is 4. The van der Waals surface area contributed by atoms with E-state index in [0.29, 0.717) is 6.54 Å². The number of nitrogens with one attached hydrogen (secondary N) is 1. The molecule has 132 valence electrons. The number of carbonyl (C=O) groups is 1. The summed E-state index contributed by atoms with van der Waals surface area (Å²) in [7, 11) is 0. The normalized spacial score (nSPS) is 12.4. The zero-order valence-electron chi connectivity index (χ0n) is 15.0. The van der Waals surface area contributed by atoms with Gasteiger partial charge < -0.3 is 11.1 Å². The maximum Gasteiger partial charge on any atom is 0.237 e. The van der Waals surface area contributed by atoms with E-state index < -0.39 is 6.04 Å². The van der Waals surface area contributed by atoms with Gasteiger partial charge in [-0.1, -0.05) is 39.0 Å². The number of carbonyl (C=O) groups excluding carboxylic acids is 1. The molecule has 2 rings (SSSR count). The third-order valence-electron chi connectivity index (χ3n) is 4.10. The predicted molar refractivity (Wildman–Crippen MR) is 99.6 cm³/mol. The Morgan fingerprint density at radius 1 is 1.25 bits per heavy atom. The number of benzene rings is 1. The van der Waals surface area contributed by atoms with Crippen molar-refractivity contribution >= 4 is 18.3 Å². The third kappa shape index (κ3) is 4.36. The second kappa shape index (κ2) is 7.81. The van der Waals surface area contributed by atoms with Crippen LogP contribution in [-0.4, -0.2) is 21.7 Å². The van der Waals surface area contributed by atoms with E-state index in [0.717, 1.165) is 22.6 Å². The Morgan fingerprint density at radius 2 is 1.83 bits per heavy atom. The molecule has 0 spiro atoms. The van der Waals surface area contributed by atoms with Crippen LogP contribution >= 0.6 is 12.4 Å². The first-order valence-electron chi connectivity index (χ1n) is 7.85. The average Bonchev–Trinajstić information content (AvgIpc) is 2.79. The van der Waals surface area contributed by atoms with E-state index in [2.05, 4.69) is 10.4 Å². The Hall–Kier alpha value is -1.85. The first-order chi connectivity index (χ1) is 10.7. The minimum atomic E-state index is -0.535. The molecule has 6 heteroatoms. The molecule has 1 aromatic carbocycles. The summed E-state index contributed by atoms with van der Waals surface area (Å²) in [5.41, 5.74) is 9.72. The molecule has 0 saturated heterocycles. The Balaban J connectivity index is 0.00000288. The van der Waals surface area contributed by atoms with Gasteiger partial charge in [-0.2, -0.15) is 5.10 Å². The number of hydrogen-bond donors (Lipinski definition) is 2. The van der Waals surface area contributed by atoms with Crippen LogP contribution in [0, 0.1) is 19.3 Å². The summed E-state index contributed by atoms with van der Waals surface area (Å²) >= 11 is 0. The molecule has 0 unspecified atom stereocenters. The molecule has 0 radical (unpaired) electrons. The van der Waals surface area contributed by atoms with Gasteiger partial charge in [0.25, 0.3) is 0 Å². The van der Waals surface area contributed by atoms with E-state index in [1.54, 1.807) is 0 Å². The minimum Gasteiger partial charge on any atom is -0.351 e. The molecule has 1 heterocycles. The molecule has 24 heavy (non-hydrogen) atoms. The Kier molecular flexibility index (Phi) is 6.58. The molecule has 1 atom stereocenters. The lowest BCUT2D eigenvalue weighted by Gasteiger charge is -2.25. The lowest BCUT2D eigenvalue weighted by atomic mass is 9.87. The van der Waals surface area contributed by atoms with Gasteiger partial charge in [0.2, 0.25) is 5.91 Å². The van der Waals surface area contributed by atoms with Gasteiger partial charge in [-0.3, -0.25) is 4.79 Å². The van der Waals surface area contributed by atoms with Crippen molar-refractivity contribution in [1.82, 2.24) is 15.1 Å². The van der Waals surface area contributed by atoms with Crippen molar-refractivity contribution < 1.29 is 4.79 Å². The first-order valence-corrected chi connectivity index (χ1v) is 7.85. The number of hydrogen-bond acceptors (Lipinski definition) is 3. The molecule has 0 aliphatic rings. The van der Waals surface area contributed by atoms with Crippen LogP contribution in [0.1, 0.15) is 37.7 Å². The molecule has 1 aromatic heterocycles. The van der Waals surface area contributed by atoms with Crippen molar-refractivity contribution in [2.75, 3.05) is 0 Å². The van der Waals surface area contributed by atoms with Gasteiger partial charge in [0.05, 0.1) is 17.4 Å². The highest BCUT2D eigenvalue weighted by Gasteiger charge is 2.27. The fourth-order valence-electron chi connectivity index (χ4n) is 2.43. The van der Waals surface area contributed by atoms with E-state index in [4.69, 9.17) is 5.73 Å². The molecule has 0 bridgehead atoms.